The summed E-state index contributed by atoms with van der Waals surface area (Å²) in [6, 6.07) is 8.04. The largest absolute Gasteiger partial charge is 0.260 e. The summed E-state index contributed by atoms with van der Waals surface area (Å²) < 4.78 is 0. The number of benzene rings is 1. The minimum Gasteiger partial charge on any atom is -0.260 e. The molecular formula is C12H9N3. The van der Waals surface area contributed by atoms with Crippen LogP contribution in [-0.4, -0.2) is 16.2 Å². The fourth-order valence-electron chi connectivity index (χ4n) is 1.78. The highest BCUT2D eigenvalue weighted by Crippen LogP contribution is 2.32. The molecule has 0 N–H and O–H groups in total. The number of hydrogen-bond donors (Lipinski definition) is 0. The first-order valence-electron chi connectivity index (χ1n) is 4.86. The molecule has 0 spiro atoms. The summed E-state index contributed by atoms with van der Waals surface area (Å²) in [6.45, 7) is 0. The second-order valence-corrected chi connectivity index (χ2v) is 3.43. The molecule has 2 heterocycles. The molecule has 1 aromatic carbocycles. The molecule has 15 heavy (non-hydrogen) atoms. The van der Waals surface area contributed by atoms with Gasteiger partial charge in [-0.25, -0.2) is 9.97 Å². The Balaban J connectivity index is 2.33. The lowest BCUT2D eigenvalue weighted by Gasteiger charge is -2.04. The van der Waals surface area contributed by atoms with Crippen molar-refractivity contribution < 1.29 is 0 Å². The van der Waals surface area contributed by atoms with Crippen LogP contribution in [0.3, 0.4) is 0 Å². The third-order valence-corrected chi connectivity index (χ3v) is 2.49. The van der Waals surface area contributed by atoms with Crippen molar-refractivity contribution in [2.45, 2.75) is 6.42 Å². The van der Waals surface area contributed by atoms with E-state index in [1.807, 2.05) is 36.7 Å². The monoisotopic (exact) mass is 195 g/mol. The molecule has 0 atom stereocenters. The molecule has 3 heteroatoms. The summed E-state index contributed by atoms with van der Waals surface area (Å²) in [6.07, 6.45) is 6.15. The molecule has 0 saturated heterocycles. The van der Waals surface area contributed by atoms with Gasteiger partial charge in [0.15, 0.2) is 0 Å². The van der Waals surface area contributed by atoms with Crippen LogP contribution in [-0.2, 0) is 6.42 Å². The van der Waals surface area contributed by atoms with Crippen LogP contribution in [0.2, 0.25) is 0 Å². The van der Waals surface area contributed by atoms with Crippen LogP contribution in [0, 0.1) is 0 Å². The van der Waals surface area contributed by atoms with E-state index in [4.69, 9.17) is 0 Å². The van der Waals surface area contributed by atoms with E-state index in [1.54, 1.807) is 6.33 Å². The second-order valence-electron chi connectivity index (χ2n) is 3.43. The van der Waals surface area contributed by atoms with Gasteiger partial charge in [-0.2, -0.15) is 0 Å². The van der Waals surface area contributed by atoms with Crippen LogP contribution < -0.4 is 0 Å². The molecule has 2 aromatic rings. The molecule has 1 aliphatic heterocycles. The molecule has 72 valence electrons. The van der Waals surface area contributed by atoms with Gasteiger partial charge in [0, 0.05) is 30.0 Å². The summed E-state index contributed by atoms with van der Waals surface area (Å²) >= 11 is 0. The Hall–Kier alpha value is -2.03. The Labute approximate surface area is 87.5 Å². The summed E-state index contributed by atoms with van der Waals surface area (Å²) in [4.78, 5) is 12.8. The molecule has 3 rings (SSSR count). The van der Waals surface area contributed by atoms with Crippen LogP contribution >= 0.6 is 0 Å². The standard InChI is InChI=1S/C12H9N3/c1-2-4-11-10(3-1)12-9(5-6-14-11)7-13-8-15-12/h1-4,6-8H,5H2. The van der Waals surface area contributed by atoms with E-state index in [0.29, 0.717) is 0 Å². The summed E-state index contributed by atoms with van der Waals surface area (Å²) in [5.41, 5.74) is 4.20. The van der Waals surface area contributed by atoms with Gasteiger partial charge >= 0.3 is 0 Å². The van der Waals surface area contributed by atoms with Crippen molar-refractivity contribution in [2.75, 3.05) is 0 Å². The van der Waals surface area contributed by atoms with E-state index in [2.05, 4.69) is 15.0 Å². The maximum Gasteiger partial charge on any atom is 0.116 e. The molecule has 0 fully saturated rings. The zero-order valence-corrected chi connectivity index (χ0v) is 8.09. The fourth-order valence-corrected chi connectivity index (χ4v) is 1.78. The normalized spacial score (nSPS) is 12.8. The first kappa shape index (κ1) is 8.29. The predicted octanol–water partition coefficient (Wildman–Crippen LogP) is 2.40. The van der Waals surface area contributed by atoms with Gasteiger partial charge in [0.2, 0.25) is 0 Å². The summed E-state index contributed by atoms with van der Waals surface area (Å²) in [7, 11) is 0. The Morgan fingerprint density at radius 1 is 1.13 bits per heavy atom. The van der Waals surface area contributed by atoms with Gasteiger partial charge in [0.1, 0.15) is 6.33 Å². The third-order valence-electron chi connectivity index (χ3n) is 2.49. The first-order chi connectivity index (χ1) is 7.45. The summed E-state index contributed by atoms with van der Waals surface area (Å²) in [5.74, 6) is 0. The maximum atomic E-state index is 4.41. The molecule has 3 nitrogen and oxygen atoms in total. The lowest BCUT2D eigenvalue weighted by molar-refractivity contribution is 1.12. The molecular weight excluding hydrogens is 186 g/mol. The van der Waals surface area contributed by atoms with Gasteiger partial charge in [-0.3, -0.25) is 4.99 Å². The average molecular weight is 195 g/mol. The first-order valence-corrected chi connectivity index (χ1v) is 4.86. The minimum absolute atomic E-state index is 0.796. The lowest BCUT2D eigenvalue weighted by Crippen LogP contribution is -1.93. The van der Waals surface area contributed by atoms with Crippen LogP contribution in [0.25, 0.3) is 11.3 Å². The summed E-state index contributed by atoms with van der Waals surface area (Å²) in [5, 5.41) is 0. The van der Waals surface area contributed by atoms with Crippen molar-refractivity contribution in [3.63, 3.8) is 0 Å². The van der Waals surface area contributed by atoms with Crippen LogP contribution in [0.4, 0.5) is 5.69 Å². The van der Waals surface area contributed by atoms with E-state index in [0.717, 1.165) is 28.9 Å². The van der Waals surface area contributed by atoms with Gasteiger partial charge in [-0.05, 0) is 6.07 Å². The molecule has 0 saturated carbocycles. The molecule has 1 aromatic heterocycles. The second kappa shape index (κ2) is 3.28. The van der Waals surface area contributed by atoms with Crippen LogP contribution in [0.1, 0.15) is 5.56 Å². The Bertz CT molecular complexity index is 532. The van der Waals surface area contributed by atoms with E-state index >= 15 is 0 Å². The SMILES string of the molecule is C1=Nc2ccccc2-c2ncncc2C1. The van der Waals surface area contributed by atoms with Gasteiger partial charge in [0.25, 0.3) is 0 Å². The van der Waals surface area contributed by atoms with Crippen LogP contribution in [0.15, 0.2) is 41.8 Å². The minimum atomic E-state index is 0.796. The predicted molar refractivity (Wildman–Crippen MR) is 59.3 cm³/mol. The zero-order chi connectivity index (χ0) is 10.1. The maximum absolute atomic E-state index is 4.41. The number of rotatable bonds is 0. The van der Waals surface area contributed by atoms with Gasteiger partial charge in [-0.15, -0.1) is 0 Å². The van der Waals surface area contributed by atoms with Crippen molar-refractivity contribution in [3.05, 3.63) is 42.4 Å². The third kappa shape index (κ3) is 1.32. The molecule has 0 unspecified atom stereocenters. The van der Waals surface area contributed by atoms with Gasteiger partial charge in [0.05, 0.1) is 11.4 Å². The van der Waals surface area contributed by atoms with Crippen molar-refractivity contribution >= 4 is 11.9 Å². The van der Waals surface area contributed by atoms with E-state index < -0.39 is 0 Å². The fraction of sp³-hybridized carbons (Fsp3) is 0.0833. The number of para-hydroxylation sites is 1. The highest BCUT2D eigenvalue weighted by molar-refractivity contribution is 5.83. The molecule has 0 bridgehead atoms. The number of aliphatic imine (C=N–C) groups is 1. The van der Waals surface area contributed by atoms with Crippen molar-refractivity contribution in [1.82, 2.24) is 9.97 Å². The Morgan fingerprint density at radius 2 is 2.07 bits per heavy atom. The van der Waals surface area contributed by atoms with E-state index in [-0.39, 0.29) is 0 Å². The number of hydrogen-bond acceptors (Lipinski definition) is 3. The van der Waals surface area contributed by atoms with Crippen molar-refractivity contribution in [3.8, 4) is 11.3 Å². The zero-order valence-electron chi connectivity index (χ0n) is 8.09. The highest BCUT2D eigenvalue weighted by atomic mass is 14.8. The lowest BCUT2D eigenvalue weighted by atomic mass is 10.1. The quantitative estimate of drug-likeness (QED) is 0.647. The van der Waals surface area contributed by atoms with Gasteiger partial charge < -0.3 is 0 Å². The number of nitrogens with zero attached hydrogens (tertiary/aromatic N) is 3. The molecule has 0 aliphatic carbocycles. The Kier molecular flexibility index (Phi) is 1.81. The topological polar surface area (TPSA) is 38.1 Å². The Morgan fingerprint density at radius 3 is 3.07 bits per heavy atom. The van der Waals surface area contributed by atoms with Crippen molar-refractivity contribution in [2.24, 2.45) is 4.99 Å². The number of aromatic nitrogens is 2. The molecule has 0 radical (unpaired) electrons. The molecule has 0 amide bonds. The van der Waals surface area contributed by atoms with E-state index in [9.17, 15) is 0 Å². The van der Waals surface area contributed by atoms with Gasteiger partial charge in [-0.1, -0.05) is 18.2 Å². The van der Waals surface area contributed by atoms with Crippen molar-refractivity contribution in [1.29, 1.82) is 0 Å². The highest BCUT2D eigenvalue weighted by Gasteiger charge is 2.12. The average Bonchev–Trinajstić information content (AvgIpc) is 2.48. The van der Waals surface area contributed by atoms with Crippen LogP contribution in [0.5, 0.6) is 0 Å². The van der Waals surface area contributed by atoms with E-state index in [1.165, 1.54) is 0 Å². The number of fused-ring (bicyclic) bond motifs is 3. The smallest absolute Gasteiger partial charge is 0.116 e. The molecule has 1 aliphatic rings.